The van der Waals surface area contributed by atoms with Crippen molar-refractivity contribution in [3.8, 4) is 0 Å². The van der Waals surface area contributed by atoms with Crippen LogP contribution < -0.4 is 0 Å². The fourth-order valence-corrected chi connectivity index (χ4v) is 2.71. The minimum Gasteiger partial charge on any atom is -0.238 e. The fraction of sp³-hybridized carbons (Fsp3) is 0.667. The molecule has 0 spiro atoms. The van der Waals surface area contributed by atoms with E-state index in [1.54, 1.807) is 0 Å². The average molecular weight is 225 g/mol. The van der Waals surface area contributed by atoms with Gasteiger partial charge in [-0.05, 0) is 26.2 Å². The smallest absolute Gasteiger partial charge is 0.136 e. The summed E-state index contributed by atoms with van der Waals surface area (Å²) in [5, 5.41) is 0.659. The molecule has 0 amide bonds. The van der Waals surface area contributed by atoms with E-state index in [0.717, 1.165) is 23.5 Å². The Kier molecular flexibility index (Phi) is 3.25. The minimum absolute atomic E-state index is 0.548. The highest BCUT2D eigenvalue weighted by Gasteiger charge is 2.21. The number of halogens is 1. The third-order valence-corrected chi connectivity index (χ3v) is 3.57. The lowest BCUT2D eigenvalue weighted by molar-refractivity contribution is 0.661. The number of hydrogen-bond donors (Lipinski definition) is 0. The Bertz CT molecular complexity index is 334. The van der Waals surface area contributed by atoms with Crippen LogP contribution in [0.25, 0.3) is 0 Å². The maximum Gasteiger partial charge on any atom is 0.136 e. The maximum absolute atomic E-state index is 6.16. The van der Waals surface area contributed by atoms with Crippen LogP contribution in [0.2, 0.25) is 5.15 Å². The van der Waals surface area contributed by atoms with E-state index in [-0.39, 0.29) is 0 Å². The molecule has 1 heterocycles. The summed E-state index contributed by atoms with van der Waals surface area (Å²) in [6, 6.07) is 0. The minimum atomic E-state index is 0.548. The van der Waals surface area contributed by atoms with E-state index in [2.05, 4.69) is 16.9 Å². The van der Waals surface area contributed by atoms with E-state index in [1.807, 2.05) is 6.92 Å². The van der Waals surface area contributed by atoms with Crippen molar-refractivity contribution in [3.05, 3.63) is 22.2 Å². The number of hydrogen-bond acceptors (Lipinski definition) is 2. The summed E-state index contributed by atoms with van der Waals surface area (Å²) in [6.45, 7) is 4.12. The molecule has 0 atom stereocenters. The molecule has 1 aromatic rings. The van der Waals surface area contributed by atoms with Crippen LogP contribution in [0.4, 0.5) is 0 Å². The number of rotatable bonds is 2. The van der Waals surface area contributed by atoms with E-state index in [4.69, 9.17) is 11.6 Å². The summed E-state index contributed by atoms with van der Waals surface area (Å²) in [5.41, 5.74) is 2.15. The molecule has 3 heteroatoms. The summed E-state index contributed by atoms with van der Waals surface area (Å²) in [6.07, 6.45) is 5.97. The van der Waals surface area contributed by atoms with Gasteiger partial charge in [0.05, 0.1) is 0 Å². The van der Waals surface area contributed by atoms with E-state index in [1.165, 1.54) is 25.7 Å². The predicted molar refractivity (Wildman–Crippen MR) is 62.4 cm³/mol. The molecule has 1 aromatic heterocycles. The average Bonchev–Trinajstić information content (AvgIpc) is 2.69. The summed E-state index contributed by atoms with van der Waals surface area (Å²) in [7, 11) is 0. The van der Waals surface area contributed by atoms with Gasteiger partial charge in [-0.3, -0.25) is 0 Å². The van der Waals surface area contributed by atoms with Crippen LogP contribution in [0.15, 0.2) is 0 Å². The summed E-state index contributed by atoms with van der Waals surface area (Å²) in [5.74, 6) is 1.51. The zero-order chi connectivity index (χ0) is 10.8. The monoisotopic (exact) mass is 224 g/mol. The molecule has 82 valence electrons. The SMILES string of the molecule is CCc1c(C)nc(C2CCCC2)nc1Cl. The molecule has 2 rings (SSSR count). The van der Waals surface area contributed by atoms with Gasteiger partial charge >= 0.3 is 0 Å². The largest absolute Gasteiger partial charge is 0.238 e. The first-order chi connectivity index (χ1) is 7.22. The lowest BCUT2D eigenvalue weighted by Gasteiger charge is -2.11. The molecule has 1 aliphatic rings. The van der Waals surface area contributed by atoms with Crippen molar-refractivity contribution in [1.29, 1.82) is 0 Å². The lowest BCUT2D eigenvalue weighted by atomic mass is 10.1. The lowest BCUT2D eigenvalue weighted by Crippen LogP contribution is -2.05. The highest BCUT2D eigenvalue weighted by molar-refractivity contribution is 6.30. The van der Waals surface area contributed by atoms with Crippen molar-refractivity contribution < 1.29 is 0 Å². The number of nitrogens with zero attached hydrogens (tertiary/aromatic N) is 2. The predicted octanol–water partition coefficient (Wildman–Crippen LogP) is 3.66. The molecule has 2 nitrogen and oxygen atoms in total. The molecule has 0 bridgehead atoms. The molecule has 15 heavy (non-hydrogen) atoms. The first-order valence-electron chi connectivity index (χ1n) is 5.75. The quantitative estimate of drug-likeness (QED) is 0.717. The Hall–Kier alpha value is -0.630. The normalized spacial score (nSPS) is 17.3. The Morgan fingerprint density at radius 2 is 1.93 bits per heavy atom. The Labute approximate surface area is 96.1 Å². The zero-order valence-electron chi connectivity index (χ0n) is 9.39. The Balaban J connectivity index is 2.33. The first-order valence-corrected chi connectivity index (χ1v) is 6.13. The molecule has 0 unspecified atom stereocenters. The van der Waals surface area contributed by atoms with Gasteiger partial charge in [-0.15, -0.1) is 0 Å². The van der Waals surface area contributed by atoms with E-state index >= 15 is 0 Å². The molecular formula is C12H17ClN2. The van der Waals surface area contributed by atoms with Crippen molar-refractivity contribution in [2.75, 3.05) is 0 Å². The van der Waals surface area contributed by atoms with Gasteiger partial charge in [0.2, 0.25) is 0 Å². The second-order valence-electron chi connectivity index (χ2n) is 4.27. The molecule has 0 radical (unpaired) electrons. The Morgan fingerprint density at radius 3 is 2.47 bits per heavy atom. The summed E-state index contributed by atoms with van der Waals surface area (Å²) >= 11 is 6.16. The standard InChI is InChI=1S/C12H17ClN2/c1-3-10-8(2)14-12(15-11(10)13)9-6-4-5-7-9/h9H,3-7H2,1-2H3. The third-order valence-electron chi connectivity index (χ3n) is 3.25. The van der Waals surface area contributed by atoms with Crippen LogP contribution in [0, 0.1) is 6.92 Å². The van der Waals surface area contributed by atoms with Gasteiger partial charge in [0.25, 0.3) is 0 Å². The van der Waals surface area contributed by atoms with Crippen molar-refractivity contribution in [1.82, 2.24) is 9.97 Å². The van der Waals surface area contributed by atoms with Crippen molar-refractivity contribution in [2.24, 2.45) is 0 Å². The fourth-order valence-electron chi connectivity index (χ4n) is 2.35. The van der Waals surface area contributed by atoms with E-state index in [0.29, 0.717) is 11.1 Å². The van der Waals surface area contributed by atoms with Gasteiger partial charge in [0.15, 0.2) is 0 Å². The second kappa shape index (κ2) is 4.48. The van der Waals surface area contributed by atoms with Crippen molar-refractivity contribution >= 4 is 11.6 Å². The summed E-state index contributed by atoms with van der Waals surface area (Å²) < 4.78 is 0. The molecule has 0 saturated heterocycles. The topological polar surface area (TPSA) is 25.8 Å². The second-order valence-corrected chi connectivity index (χ2v) is 4.63. The molecular weight excluding hydrogens is 208 g/mol. The third kappa shape index (κ3) is 2.15. The molecule has 0 N–H and O–H groups in total. The summed E-state index contributed by atoms with van der Waals surface area (Å²) in [4.78, 5) is 9.03. The van der Waals surface area contributed by atoms with Crippen LogP contribution in [0.5, 0.6) is 0 Å². The van der Waals surface area contributed by atoms with Gasteiger partial charge < -0.3 is 0 Å². The maximum atomic E-state index is 6.16. The van der Waals surface area contributed by atoms with Gasteiger partial charge in [-0.25, -0.2) is 9.97 Å². The van der Waals surface area contributed by atoms with Crippen LogP contribution in [0.1, 0.15) is 55.6 Å². The van der Waals surface area contributed by atoms with Gasteiger partial charge in [-0.2, -0.15) is 0 Å². The molecule has 0 aromatic carbocycles. The van der Waals surface area contributed by atoms with Crippen LogP contribution in [-0.4, -0.2) is 9.97 Å². The van der Waals surface area contributed by atoms with Gasteiger partial charge in [0, 0.05) is 17.2 Å². The molecule has 0 aliphatic heterocycles. The molecule has 1 fully saturated rings. The van der Waals surface area contributed by atoms with E-state index in [9.17, 15) is 0 Å². The van der Waals surface area contributed by atoms with Gasteiger partial charge in [0.1, 0.15) is 11.0 Å². The van der Waals surface area contributed by atoms with Gasteiger partial charge in [-0.1, -0.05) is 31.4 Å². The zero-order valence-corrected chi connectivity index (χ0v) is 10.1. The van der Waals surface area contributed by atoms with Crippen molar-refractivity contribution in [3.63, 3.8) is 0 Å². The number of aromatic nitrogens is 2. The van der Waals surface area contributed by atoms with Crippen LogP contribution in [0.3, 0.4) is 0 Å². The Morgan fingerprint density at radius 1 is 1.27 bits per heavy atom. The van der Waals surface area contributed by atoms with E-state index < -0.39 is 0 Å². The molecule has 1 aliphatic carbocycles. The highest BCUT2D eigenvalue weighted by atomic mass is 35.5. The first kappa shape index (κ1) is 10.9. The van der Waals surface area contributed by atoms with Crippen LogP contribution in [-0.2, 0) is 6.42 Å². The number of aryl methyl sites for hydroxylation is 1. The molecule has 1 saturated carbocycles. The highest BCUT2D eigenvalue weighted by Crippen LogP contribution is 2.33. The van der Waals surface area contributed by atoms with Crippen LogP contribution >= 0.6 is 11.6 Å². The van der Waals surface area contributed by atoms with Crippen molar-refractivity contribution in [2.45, 2.75) is 51.9 Å².